The Bertz CT molecular complexity index is 365. The summed E-state index contributed by atoms with van der Waals surface area (Å²) in [5, 5.41) is 22.1. The Labute approximate surface area is 120 Å². The second kappa shape index (κ2) is 6.57. The van der Waals surface area contributed by atoms with Crippen LogP contribution in [-0.4, -0.2) is 34.2 Å². The van der Waals surface area contributed by atoms with Gasteiger partial charge in [0.1, 0.15) is 0 Å². The Morgan fingerprint density at radius 2 is 1.85 bits per heavy atom. The molecule has 0 aliphatic heterocycles. The van der Waals surface area contributed by atoms with Gasteiger partial charge in [0.2, 0.25) is 5.91 Å². The highest BCUT2D eigenvalue weighted by Gasteiger charge is 2.41. The van der Waals surface area contributed by atoms with Crippen LogP contribution in [0.25, 0.3) is 0 Å². The van der Waals surface area contributed by atoms with Gasteiger partial charge in [-0.15, -0.1) is 0 Å². The largest absolute Gasteiger partial charge is 0.481 e. The van der Waals surface area contributed by atoms with Gasteiger partial charge in [-0.1, -0.05) is 20.8 Å². The second-order valence-corrected chi connectivity index (χ2v) is 6.94. The monoisotopic (exact) mass is 285 g/mol. The number of hydrogen-bond donors (Lipinski definition) is 3. The van der Waals surface area contributed by atoms with Crippen LogP contribution in [-0.2, 0) is 9.59 Å². The molecule has 0 radical (unpaired) electrons. The minimum absolute atomic E-state index is 0.168. The summed E-state index contributed by atoms with van der Waals surface area (Å²) in [7, 11) is 0. The first kappa shape index (κ1) is 17.0. The number of carboxylic acid groups (broad SMARTS) is 1. The third kappa shape index (κ3) is 4.78. The standard InChI is InChI=1S/C15H27NO4/c1-9(2)7-15(4,20)8-16-13(17)11-5-10(3)6-12(11)14(18)19/h9-12,20H,5-8H2,1-4H3,(H,16,17)(H,18,19). The number of aliphatic carboxylic acids is 1. The van der Waals surface area contributed by atoms with Crippen molar-refractivity contribution in [2.45, 2.75) is 52.6 Å². The Balaban J connectivity index is 2.56. The molecule has 0 heterocycles. The van der Waals surface area contributed by atoms with E-state index in [1.54, 1.807) is 6.92 Å². The van der Waals surface area contributed by atoms with Gasteiger partial charge in [0, 0.05) is 6.54 Å². The average molecular weight is 285 g/mol. The molecule has 5 nitrogen and oxygen atoms in total. The number of carbonyl (C=O) groups is 2. The first-order valence-corrected chi connectivity index (χ1v) is 7.35. The molecule has 20 heavy (non-hydrogen) atoms. The lowest BCUT2D eigenvalue weighted by Crippen LogP contribution is -2.44. The maximum atomic E-state index is 12.2. The van der Waals surface area contributed by atoms with Gasteiger partial charge in [0.05, 0.1) is 17.4 Å². The van der Waals surface area contributed by atoms with Gasteiger partial charge in [-0.2, -0.15) is 0 Å². The minimum atomic E-state index is -0.952. The molecule has 4 unspecified atom stereocenters. The summed E-state index contributed by atoms with van der Waals surface area (Å²) in [5.74, 6) is -1.63. The van der Waals surface area contributed by atoms with E-state index in [0.717, 1.165) is 0 Å². The van der Waals surface area contributed by atoms with Crippen LogP contribution in [0, 0.1) is 23.7 Å². The van der Waals surface area contributed by atoms with E-state index in [-0.39, 0.29) is 18.4 Å². The number of nitrogens with one attached hydrogen (secondary N) is 1. The van der Waals surface area contributed by atoms with Gasteiger partial charge in [0.15, 0.2) is 0 Å². The van der Waals surface area contributed by atoms with Gasteiger partial charge in [0.25, 0.3) is 0 Å². The van der Waals surface area contributed by atoms with E-state index >= 15 is 0 Å². The number of carboxylic acids is 1. The number of amides is 1. The van der Waals surface area contributed by atoms with Crippen molar-refractivity contribution in [3.8, 4) is 0 Å². The molecule has 1 aliphatic rings. The molecule has 0 aromatic heterocycles. The molecule has 4 atom stereocenters. The van der Waals surface area contributed by atoms with Crippen molar-refractivity contribution in [1.29, 1.82) is 0 Å². The second-order valence-electron chi connectivity index (χ2n) is 6.94. The Morgan fingerprint density at radius 1 is 1.30 bits per heavy atom. The highest BCUT2D eigenvalue weighted by atomic mass is 16.4. The van der Waals surface area contributed by atoms with Crippen molar-refractivity contribution in [3.63, 3.8) is 0 Å². The summed E-state index contributed by atoms with van der Waals surface area (Å²) < 4.78 is 0. The fourth-order valence-corrected chi connectivity index (χ4v) is 3.21. The molecule has 0 bridgehead atoms. The lowest BCUT2D eigenvalue weighted by Gasteiger charge is -2.26. The van der Waals surface area contributed by atoms with Crippen LogP contribution in [0.2, 0.25) is 0 Å². The smallest absolute Gasteiger partial charge is 0.307 e. The van der Waals surface area contributed by atoms with Crippen molar-refractivity contribution >= 4 is 11.9 Å². The van der Waals surface area contributed by atoms with Crippen LogP contribution >= 0.6 is 0 Å². The molecule has 1 amide bonds. The molecule has 0 aromatic carbocycles. The first-order valence-electron chi connectivity index (χ1n) is 7.35. The van der Waals surface area contributed by atoms with Crippen LogP contribution in [0.3, 0.4) is 0 Å². The maximum Gasteiger partial charge on any atom is 0.307 e. The summed E-state index contributed by atoms with van der Waals surface area (Å²) in [6.07, 6.45) is 1.75. The Hall–Kier alpha value is -1.10. The molecule has 0 spiro atoms. The molecule has 1 rings (SSSR count). The minimum Gasteiger partial charge on any atom is -0.481 e. The molecule has 0 aromatic rings. The van der Waals surface area contributed by atoms with E-state index in [9.17, 15) is 14.7 Å². The zero-order valence-electron chi connectivity index (χ0n) is 12.8. The van der Waals surface area contributed by atoms with Crippen LogP contribution in [0.15, 0.2) is 0 Å². The zero-order chi connectivity index (χ0) is 15.5. The van der Waals surface area contributed by atoms with Crippen LogP contribution < -0.4 is 5.32 Å². The summed E-state index contributed by atoms with van der Waals surface area (Å²) in [4.78, 5) is 23.3. The molecule has 0 saturated heterocycles. The van der Waals surface area contributed by atoms with E-state index in [1.807, 2.05) is 20.8 Å². The molecule has 1 aliphatic carbocycles. The van der Waals surface area contributed by atoms with Crippen LogP contribution in [0.1, 0.15) is 47.0 Å². The van der Waals surface area contributed by atoms with Crippen LogP contribution in [0.5, 0.6) is 0 Å². The van der Waals surface area contributed by atoms with Crippen molar-refractivity contribution in [1.82, 2.24) is 5.32 Å². The van der Waals surface area contributed by atoms with Crippen molar-refractivity contribution in [2.75, 3.05) is 6.54 Å². The lowest BCUT2D eigenvalue weighted by atomic mass is 9.92. The summed E-state index contributed by atoms with van der Waals surface area (Å²) in [5.41, 5.74) is -0.952. The molecule has 1 saturated carbocycles. The van der Waals surface area contributed by atoms with Crippen molar-refractivity contribution in [2.24, 2.45) is 23.7 Å². The number of hydrogen-bond acceptors (Lipinski definition) is 3. The molecule has 3 N–H and O–H groups in total. The highest BCUT2D eigenvalue weighted by Crippen LogP contribution is 2.36. The topological polar surface area (TPSA) is 86.6 Å². The van der Waals surface area contributed by atoms with Crippen molar-refractivity contribution < 1.29 is 19.8 Å². The molecule has 1 fully saturated rings. The molecular formula is C15H27NO4. The van der Waals surface area contributed by atoms with E-state index in [4.69, 9.17) is 5.11 Å². The number of carbonyl (C=O) groups excluding carboxylic acids is 1. The highest BCUT2D eigenvalue weighted by molar-refractivity contribution is 5.85. The van der Waals surface area contributed by atoms with E-state index in [1.165, 1.54) is 0 Å². The predicted molar refractivity (Wildman–Crippen MR) is 76.1 cm³/mol. The van der Waals surface area contributed by atoms with Gasteiger partial charge >= 0.3 is 5.97 Å². The van der Waals surface area contributed by atoms with Crippen LogP contribution in [0.4, 0.5) is 0 Å². The van der Waals surface area contributed by atoms with Gasteiger partial charge in [-0.3, -0.25) is 9.59 Å². The van der Waals surface area contributed by atoms with Gasteiger partial charge < -0.3 is 15.5 Å². The van der Waals surface area contributed by atoms with Gasteiger partial charge in [-0.25, -0.2) is 0 Å². The first-order chi connectivity index (χ1) is 9.12. The molecule has 5 heteroatoms. The fraction of sp³-hybridized carbons (Fsp3) is 0.867. The Morgan fingerprint density at radius 3 is 2.35 bits per heavy atom. The van der Waals surface area contributed by atoms with E-state index < -0.39 is 23.4 Å². The van der Waals surface area contributed by atoms with Gasteiger partial charge in [-0.05, 0) is 38.0 Å². The molecular weight excluding hydrogens is 258 g/mol. The third-order valence-corrected chi connectivity index (χ3v) is 3.94. The normalized spacial score (nSPS) is 29.2. The fourth-order valence-electron chi connectivity index (χ4n) is 3.21. The lowest BCUT2D eigenvalue weighted by molar-refractivity contribution is -0.146. The maximum absolute atomic E-state index is 12.2. The van der Waals surface area contributed by atoms with E-state index in [2.05, 4.69) is 5.32 Å². The number of rotatable bonds is 6. The Kier molecular flexibility index (Phi) is 5.57. The SMILES string of the molecule is CC(C)CC(C)(O)CNC(=O)C1CC(C)CC1C(=O)O. The summed E-state index contributed by atoms with van der Waals surface area (Å²) in [6, 6.07) is 0. The summed E-state index contributed by atoms with van der Waals surface area (Å²) >= 11 is 0. The zero-order valence-corrected chi connectivity index (χ0v) is 12.8. The quantitative estimate of drug-likeness (QED) is 0.692. The van der Waals surface area contributed by atoms with E-state index in [0.29, 0.717) is 25.2 Å². The molecule has 116 valence electrons. The predicted octanol–water partition coefficient (Wildman–Crippen LogP) is 1.65. The van der Waals surface area contributed by atoms with Crippen molar-refractivity contribution in [3.05, 3.63) is 0 Å². The third-order valence-electron chi connectivity index (χ3n) is 3.94. The summed E-state index contributed by atoms with van der Waals surface area (Å²) in [6.45, 7) is 7.85. The number of aliphatic hydroxyl groups is 1. The average Bonchev–Trinajstić information content (AvgIpc) is 2.67.